The van der Waals surface area contributed by atoms with Gasteiger partial charge < -0.3 is 10.2 Å². The Labute approximate surface area is 121 Å². The molecule has 0 saturated carbocycles. The molecule has 2 heteroatoms. The first kappa shape index (κ1) is 13.2. The maximum atomic E-state index is 3.43. The molecule has 0 fully saturated rings. The van der Waals surface area contributed by atoms with E-state index in [2.05, 4.69) is 72.7 Å². The normalized spacial score (nSPS) is 17.9. The van der Waals surface area contributed by atoms with E-state index in [1.54, 1.807) is 0 Å². The second kappa shape index (κ2) is 5.68. The van der Waals surface area contributed by atoms with Gasteiger partial charge in [0.15, 0.2) is 0 Å². The summed E-state index contributed by atoms with van der Waals surface area (Å²) in [7, 11) is 2.05. The van der Waals surface area contributed by atoms with Crippen LogP contribution in [0.15, 0.2) is 48.5 Å². The van der Waals surface area contributed by atoms with Gasteiger partial charge in [0.1, 0.15) is 0 Å². The number of benzene rings is 2. The van der Waals surface area contributed by atoms with E-state index < -0.39 is 0 Å². The minimum absolute atomic E-state index is 0.486. The third-order valence-corrected chi connectivity index (χ3v) is 4.14. The molecule has 3 rings (SSSR count). The molecule has 104 valence electrons. The van der Waals surface area contributed by atoms with E-state index in [0.717, 1.165) is 13.1 Å². The molecule has 1 heterocycles. The molecule has 2 aromatic rings. The number of hydrogen-bond donors (Lipinski definition) is 1. The first-order valence-corrected chi connectivity index (χ1v) is 7.34. The van der Waals surface area contributed by atoms with Gasteiger partial charge in [-0.2, -0.15) is 0 Å². The number of fused-ring (bicyclic) bond motifs is 1. The lowest BCUT2D eigenvalue weighted by Crippen LogP contribution is -2.34. The van der Waals surface area contributed by atoms with Gasteiger partial charge in [0.2, 0.25) is 0 Å². The SMILES string of the molecule is CNC1CCN(Cc2cccc(C)c2)c2ccccc21. The zero-order valence-corrected chi connectivity index (χ0v) is 12.3. The molecule has 0 saturated heterocycles. The van der Waals surface area contributed by atoms with Gasteiger partial charge in [-0.15, -0.1) is 0 Å². The van der Waals surface area contributed by atoms with Crippen molar-refractivity contribution in [2.75, 3.05) is 18.5 Å². The fourth-order valence-corrected chi connectivity index (χ4v) is 3.13. The average Bonchev–Trinajstić information content (AvgIpc) is 2.48. The Bertz CT molecular complexity index is 591. The molecule has 1 unspecified atom stereocenters. The monoisotopic (exact) mass is 266 g/mol. The lowest BCUT2D eigenvalue weighted by atomic mass is 9.96. The Morgan fingerprint density at radius 3 is 2.80 bits per heavy atom. The highest BCUT2D eigenvalue weighted by Gasteiger charge is 2.23. The summed E-state index contributed by atoms with van der Waals surface area (Å²) in [5, 5.41) is 3.43. The van der Waals surface area contributed by atoms with Crippen molar-refractivity contribution in [2.45, 2.75) is 25.9 Å². The minimum atomic E-state index is 0.486. The molecular formula is C18H22N2. The highest BCUT2D eigenvalue weighted by Crippen LogP contribution is 2.34. The van der Waals surface area contributed by atoms with E-state index in [-0.39, 0.29) is 0 Å². The second-order valence-corrected chi connectivity index (χ2v) is 5.60. The number of aryl methyl sites for hydroxylation is 1. The van der Waals surface area contributed by atoms with Crippen molar-refractivity contribution in [1.29, 1.82) is 0 Å². The molecule has 2 aromatic carbocycles. The molecule has 1 N–H and O–H groups in total. The predicted octanol–water partition coefficient (Wildman–Crippen LogP) is 3.67. The first-order chi connectivity index (χ1) is 9.78. The van der Waals surface area contributed by atoms with Crippen LogP contribution in [-0.4, -0.2) is 13.6 Å². The van der Waals surface area contributed by atoms with Crippen molar-refractivity contribution < 1.29 is 0 Å². The molecule has 0 amide bonds. The van der Waals surface area contributed by atoms with Crippen LogP contribution >= 0.6 is 0 Å². The van der Waals surface area contributed by atoms with E-state index >= 15 is 0 Å². The Morgan fingerprint density at radius 2 is 2.00 bits per heavy atom. The summed E-state index contributed by atoms with van der Waals surface area (Å²) in [5.41, 5.74) is 5.53. The molecule has 0 spiro atoms. The summed E-state index contributed by atoms with van der Waals surface area (Å²) >= 11 is 0. The first-order valence-electron chi connectivity index (χ1n) is 7.34. The molecule has 2 nitrogen and oxygen atoms in total. The Balaban J connectivity index is 1.88. The number of rotatable bonds is 3. The summed E-state index contributed by atoms with van der Waals surface area (Å²) in [4.78, 5) is 2.50. The standard InChI is InChI=1S/C18H22N2/c1-14-6-5-7-15(12-14)13-20-11-10-17(19-2)16-8-3-4-9-18(16)20/h3-9,12,17,19H,10-11,13H2,1-2H3. The molecule has 1 aliphatic heterocycles. The maximum absolute atomic E-state index is 3.43. The van der Waals surface area contributed by atoms with Crippen molar-refractivity contribution in [2.24, 2.45) is 0 Å². The third kappa shape index (κ3) is 2.56. The molecule has 1 atom stereocenters. The van der Waals surface area contributed by atoms with Crippen LogP contribution in [0, 0.1) is 6.92 Å². The summed E-state index contributed by atoms with van der Waals surface area (Å²) in [5.74, 6) is 0. The zero-order valence-electron chi connectivity index (χ0n) is 12.3. The van der Waals surface area contributed by atoms with E-state index in [1.807, 2.05) is 0 Å². The van der Waals surface area contributed by atoms with Crippen molar-refractivity contribution in [3.63, 3.8) is 0 Å². The fraction of sp³-hybridized carbons (Fsp3) is 0.333. The number of nitrogens with one attached hydrogen (secondary N) is 1. The average molecular weight is 266 g/mol. The van der Waals surface area contributed by atoms with E-state index in [9.17, 15) is 0 Å². The topological polar surface area (TPSA) is 15.3 Å². The number of nitrogens with zero attached hydrogens (tertiary/aromatic N) is 1. The van der Waals surface area contributed by atoms with Gasteiger partial charge in [0.25, 0.3) is 0 Å². The van der Waals surface area contributed by atoms with Gasteiger partial charge in [-0.1, -0.05) is 48.0 Å². The Morgan fingerprint density at radius 1 is 1.15 bits per heavy atom. The molecule has 1 aliphatic rings. The Hall–Kier alpha value is -1.80. The summed E-state index contributed by atoms with van der Waals surface area (Å²) in [6, 6.07) is 18.1. The molecule has 0 radical (unpaired) electrons. The van der Waals surface area contributed by atoms with Gasteiger partial charge in [-0.25, -0.2) is 0 Å². The smallest absolute Gasteiger partial charge is 0.0429 e. The summed E-state index contributed by atoms with van der Waals surface area (Å²) < 4.78 is 0. The molecule has 0 aromatic heterocycles. The highest BCUT2D eigenvalue weighted by molar-refractivity contribution is 5.57. The van der Waals surface area contributed by atoms with Gasteiger partial charge >= 0.3 is 0 Å². The quantitative estimate of drug-likeness (QED) is 0.912. The van der Waals surface area contributed by atoms with Gasteiger partial charge in [-0.05, 0) is 37.6 Å². The van der Waals surface area contributed by atoms with Crippen molar-refractivity contribution in [3.05, 3.63) is 65.2 Å². The lowest BCUT2D eigenvalue weighted by molar-refractivity contribution is 0.516. The van der Waals surface area contributed by atoms with Crippen LogP contribution in [0.5, 0.6) is 0 Å². The molecule has 0 aliphatic carbocycles. The van der Waals surface area contributed by atoms with Crippen molar-refractivity contribution in [1.82, 2.24) is 5.32 Å². The number of hydrogen-bond acceptors (Lipinski definition) is 2. The molecule has 20 heavy (non-hydrogen) atoms. The number of para-hydroxylation sites is 1. The van der Waals surface area contributed by atoms with Crippen molar-refractivity contribution >= 4 is 5.69 Å². The summed E-state index contributed by atoms with van der Waals surface area (Å²) in [6.07, 6.45) is 1.17. The van der Waals surface area contributed by atoms with Gasteiger partial charge in [0, 0.05) is 24.8 Å². The van der Waals surface area contributed by atoms with E-state index in [0.29, 0.717) is 6.04 Å². The third-order valence-electron chi connectivity index (χ3n) is 4.14. The highest BCUT2D eigenvalue weighted by atomic mass is 15.1. The minimum Gasteiger partial charge on any atom is -0.367 e. The van der Waals surface area contributed by atoms with Crippen LogP contribution in [0.3, 0.4) is 0 Å². The van der Waals surface area contributed by atoms with Crippen LogP contribution in [-0.2, 0) is 6.54 Å². The lowest BCUT2D eigenvalue weighted by Gasteiger charge is -2.35. The van der Waals surface area contributed by atoms with Gasteiger partial charge in [0.05, 0.1) is 0 Å². The second-order valence-electron chi connectivity index (χ2n) is 5.60. The number of anilines is 1. The van der Waals surface area contributed by atoms with Gasteiger partial charge in [-0.3, -0.25) is 0 Å². The molecule has 0 bridgehead atoms. The predicted molar refractivity (Wildman–Crippen MR) is 85.1 cm³/mol. The fourth-order valence-electron chi connectivity index (χ4n) is 3.13. The Kier molecular flexibility index (Phi) is 3.75. The van der Waals surface area contributed by atoms with Crippen molar-refractivity contribution in [3.8, 4) is 0 Å². The molecular weight excluding hydrogens is 244 g/mol. The van der Waals surface area contributed by atoms with Crippen LogP contribution in [0.25, 0.3) is 0 Å². The van der Waals surface area contributed by atoms with Crippen LogP contribution in [0.4, 0.5) is 5.69 Å². The van der Waals surface area contributed by atoms with Crippen LogP contribution < -0.4 is 10.2 Å². The summed E-state index contributed by atoms with van der Waals surface area (Å²) in [6.45, 7) is 4.26. The van der Waals surface area contributed by atoms with Crippen LogP contribution in [0.1, 0.15) is 29.2 Å². The largest absolute Gasteiger partial charge is 0.367 e. The maximum Gasteiger partial charge on any atom is 0.0429 e. The van der Waals surface area contributed by atoms with E-state index in [4.69, 9.17) is 0 Å². The van der Waals surface area contributed by atoms with Crippen LogP contribution in [0.2, 0.25) is 0 Å². The zero-order chi connectivity index (χ0) is 13.9. The van der Waals surface area contributed by atoms with E-state index in [1.165, 1.54) is 28.8 Å².